The summed E-state index contributed by atoms with van der Waals surface area (Å²) in [5.74, 6) is 0. The molecule has 0 atom stereocenters. The number of aromatic nitrogens is 4. The van der Waals surface area contributed by atoms with Gasteiger partial charge in [-0.2, -0.15) is 18.8 Å². The highest BCUT2D eigenvalue weighted by molar-refractivity contribution is 7.89. The molecule has 12 heteroatoms. The number of nitrogens with one attached hydrogen (secondary N) is 2. The Morgan fingerprint density at radius 2 is 0.886 bits per heavy atom. The molecule has 0 spiro atoms. The third-order valence-corrected chi connectivity index (χ3v) is 11.8. The number of H-pyrrole nitrogens is 2. The molecular formula is C32H36N6O4S2. The van der Waals surface area contributed by atoms with Crippen LogP contribution in [0.1, 0.15) is 27.7 Å². The summed E-state index contributed by atoms with van der Waals surface area (Å²) in [5.41, 5.74) is 6.45. The minimum Gasteiger partial charge on any atom is -0.277 e. The molecule has 0 saturated heterocycles. The molecule has 0 aliphatic carbocycles. The van der Waals surface area contributed by atoms with Gasteiger partial charge in [0.15, 0.2) is 0 Å². The molecule has 0 unspecified atom stereocenters. The average molecular weight is 633 g/mol. The van der Waals surface area contributed by atoms with Crippen LogP contribution in [0.3, 0.4) is 0 Å². The van der Waals surface area contributed by atoms with Crippen molar-refractivity contribution < 1.29 is 16.8 Å². The van der Waals surface area contributed by atoms with Gasteiger partial charge in [-0.15, -0.1) is 0 Å². The van der Waals surface area contributed by atoms with Crippen molar-refractivity contribution in [3.05, 3.63) is 84.9 Å². The summed E-state index contributed by atoms with van der Waals surface area (Å²) in [6.45, 7) is 8.96. The topological polar surface area (TPSA) is 132 Å². The summed E-state index contributed by atoms with van der Waals surface area (Å²) in [7, 11) is -7.05. The van der Waals surface area contributed by atoms with Gasteiger partial charge in [0, 0.05) is 37.3 Å². The first-order valence-electron chi connectivity index (χ1n) is 14.5. The van der Waals surface area contributed by atoms with E-state index in [9.17, 15) is 16.8 Å². The second kappa shape index (κ2) is 12.9. The highest BCUT2D eigenvalue weighted by Crippen LogP contribution is 2.30. The van der Waals surface area contributed by atoms with E-state index < -0.39 is 20.0 Å². The van der Waals surface area contributed by atoms with Crippen molar-refractivity contribution in [2.24, 2.45) is 0 Å². The molecule has 5 rings (SSSR count). The minimum atomic E-state index is -3.53. The van der Waals surface area contributed by atoms with Crippen molar-refractivity contribution in [3.63, 3.8) is 0 Å². The second-order valence-electron chi connectivity index (χ2n) is 10.1. The van der Waals surface area contributed by atoms with Crippen molar-refractivity contribution in [3.8, 4) is 45.0 Å². The van der Waals surface area contributed by atoms with Crippen LogP contribution in [0.4, 0.5) is 0 Å². The number of nitrogens with zero attached hydrogens (tertiary/aromatic N) is 4. The first kappa shape index (κ1) is 31.3. The van der Waals surface area contributed by atoms with Crippen molar-refractivity contribution >= 4 is 20.0 Å². The van der Waals surface area contributed by atoms with E-state index in [0.717, 1.165) is 45.0 Å². The summed E-state index contributed by atoms with van der Waals surface area (Å²) >= 11 is 0. The van der Waals surface area contributed by atoms with Crippen LogP contribution in [-0.2, 0) is 20.0 Å². The molecule has 2 heterocycles. The van der Waals surface area contributed by atoms with Crippen LogP contribution in [-0.4, -0.2) is 72.0 Å². The van der Waals surface area contributed by atoms with Gasteiger partial charge in [0.25, 0.3) is 0 Å². The van der Waals surface area contributed by atoms with E-state index in [1.54, 1.807) is 48.5 Å². The molecule has 0 amide bonds. The molecule has 44 heavy (non-hydrogen) atoms. The lowest BCUT2D eigenvalue weighted by molar-refractivity contribution is 0.444. The average Bonchev–Trinajstić information content (AvgIpc) is 3.74. The Morgan fingerprint density at radius 1 is 0.523 bits per heavy atom. The highest BCUT2D eigenvalue weighted by Gasteiger charge is 2.22. The van der Waals surface area contributed by atoms with E-state index in [0.29, 0.717) is 26.2 Å². The van der Waals surface area contributed by atoms with Crippen LogP contribution in [0.2, 0.25) is 0 Å². The molecule has 0 aliphatic heterocycles. The van der Waals surface area contributed by atoms with E-state index in [1.165, 1.54) is 8.61 Å². The number of benzene rings is 3. The molecule has 0 fully saturated rings. The molecule has 3 aromatic carbocycles. The van der Waals surface area contributed by atoms with Gasteiger partial charge in [-0.1, -0.05) is 70.2 Å². The SMILES string of the molecule is CCN(CC)S(=O)(=O)c1ccc(-c2cc(-c3cccc(-c4cc(-c5ccc(S(=O)(=O)N(CC)CC)cc5)[nH]n4)c3)n[nH]2)cc1. The highest BCUT2D eigenvalue weighted by atomic mass is 32.2. The monoisotopic (exact) mass is 632 g/mol. The zero-order valence-corrected chi connectivity index (χ0v) is 26.8. The minimum absolute atomic E-state index is 0.261. The smallest absolute Gasteiger partial charge is 0.243 e. The second-order valence-corrected chi connectivity index (χ2v) is 14.0. The molecule has 0 saturated carbocycles. The maximum Gasteiger partial charge on any atom is 0.243 e. The standard InChI is InChI=1S/C32H36N6O4S2/c1-5-37(6-2)43(39,40)27-16-12-23(13-17-27)29-21-31(35-33-29)25-10-9-11-26(20-25)32-22-30(34-36-32)24-14-18-28(19-15-24)44(41,42)38(7-3)8-4/h9-22H,5-8H2,1-4H3,(H,33,35)(H,34,36). The van der Waals surface area contributed by atoms with Crippen molar-refractivity contribution in [2.45, 2.75) is 37.5 Å². The van der Waals surface area contributed by atoms with Crippen LogP contribution in [0.5, 0.6) is 0 Å². The summed E-state index contributed by atoms with van der Waals surface area (Å²) < 4.78 is 54.2. The third kappa shape index (κ3) is 6.11. The van der Waals surface area contributed by atoms with Crippen LogP contribution in [0, 0.1) is 0 Å². The van der Waals surface area contributed by atoms with Crippen LogP contribution >= 0.6 is 0 Å². The zero-order valence-electron chi connectivity index (χ0n) is 25.1. The fourth-order valence-corrected chi connectivity index (χ4v) is 8.03. The lowest BCUT2D eigenvalue weighted by atomic mass is 10.0. The summed E-state index contributed by atoms with van der Waals surface area (Å²) in [4.78, 5) is 0.521. The first-order chi connectivity index (χ1) is 21.1. The Hall–Kier alpha value is -4.10. The maximum absolute atomic E-state index is 12.8. The molecule has 230 valence electrons. The van der Waals surface area contributed by atoms with Crippen LogP contribution in [0.15, 0.2) is 94.7 Å². The number of rotatable bonds is 12. The largest absolute Gasteiger partial charge is 0.277 e. The molecule has 10 nitrogen and oxygen atoms in total. The van der Waals surface area contributed by atoms with E-state index in [4.69, 9.17) is 0 Å². The first-order valence-corrected chi connectivity index (χ1v) is 17.4. The number of sulfonamides is 2. The van der Waals surface area contributed by atoms with Gasteiger partial charge in [0.05, 0.1) is 32.6 Å². The van der Waals surface area contributed by atoms with Crippen LogP contribution in [0.25, 0.3) is 45.0 Å². The fourth-order valence-electron chi connectivity index (χ4n) is 5.11. The quantitative estimate of drug-likeness (QED) is 0.177. The molecule has 2 N–H and O–H groups in total. The Bertz CT molecular complexity index is 1800. The van der Waals surface area contributed by atoms with Gasteiger partial charge in [0.1, 0.15) is 0 Å². The lowest BCUT2D eigenvalue weighted by Gasteiger charge is -2.18. The van der Waals surface area contributed by atoms with Crippen molar-refractivity contribution in [2.75, 3.05) is 26.2 Å². The Kier molecular flexibility index (Phi) is 9.16. The molecule has 0 bridgehead atoms. The van der Waals surface area contributed by atoms with Gasteiger partial charge < -0.3 is 0 Å². The van der Waals surface area contributed by atoms with Crippen molar-refractivity contribution in [1.29, 1.82) is 0 Å². The summed E-state index contributed by atoms with van der Waals surface area (Å²) in [5, 5.41) is 15.1. The molecule has 5 aromatic rings. The van der Waals surface area contributed by atoms with Gasteiger partial charge in [0.2, 0.25) is 20.0 Å². The zero-order chi connectivity index (χ0) is 31.5. The van der Waals surface area contributed by atoms with E-state index in [-0.39, 0.29) is 9.79 Å². The van der Waals surface area contributed by atoms with Gasteiger partial charge in [-0.3, -0.25) is 10.2 Å². The summed E-state index contributed by atoms with van der Waals surface area (Å²) in [6.07, 6.45) is 0. The number of hydrogen-bond acceptors (Lipinski definition) is 6. The molecule has 2 aromatic heterocycles. The predicted octanol–water partition coefficient (Wildman–Crippen LogP) is 5.86. The summed E-state index contributed by atoms with van der Waals surface area (Å²) in [6, 6.07) is 25.3. The Labute approximate surface area is 258 Å². The van der Waals surface area contributed by atoms with Gasteiger partial charge >= 0.3 is 0 Å². The van der Waals surface area contributed by atoms with E-state index >= 15 is 0 Å². The van der Waals surface area contributed by atoms with Gasteiger partial charge in [-0.25, -0.2) is 16.8 Å². The molecule has 0 aliphatic rings. The third-order valence-electron chi connectivity index (χ3n) is 7.63. The Morgan fingerprint density at radius 3 is 1.23 bits per heavy atom. The number of aromatic amines is 2. The van der Waals surface area contributed by atoms with E-state index in [2.05, 4.69) is 20.4 Å². The maximum atomic E-state index is 12.8. The van der Waals surface area contributed by atoms with Crippen LogP contribution < -0.4 is 0 Å². The fraction of sp³-hybridized carbons (Fsp3) is 0.250. The van der Waals surface area contributed by atoms with Crippen molar-refractivity contribution in [1.82, 2.24) is 29.0 Å². The van der Waals surface area contributed by atoms with E-state index in [1.807, 2.05) is 64.1 Å². The lowest BCUT2D eigenvalue weighted by Crippen LogP contribution is -2.30. The predicted molar refractivity (Wildman–Crippen MR) is 173 cm³/mol. The number of hydrogen-bond donors (Lipinski definition) is 2. The Balaban J connectivity index is 1.34. The normalized spacial score (nSPS) is 12.3. The molecular weight excluding hydrogens is 597 g/mol. The van der Waals surface area contributed by atoms with Gasteiger partial charge in [-0.05, 0) is 53.6 Å². The molecule has 0 radical (unpaired) electrons.